The predicted octanol–water partition coefficient (Wildman–Crippen LogP) is -6.19. The zero-order valence-electron chi connectivity index (χ0n) is 14.3. The van der Waals surface area contributed by atoms with Crippen LogP contribution >= 0.6 is 0 Å². The highest BCUT2D eigenvalue weighted by atomic mass is 16.7. The molecule has 2 aliphatic heterocycles. The maximum Gasteiger partial charge on any atom is 0.187 e. The minimum Gasteiger partial charge on any atom is -0.412 e. The molecule has 2 aliphatic rings. The van der Waals surface area contributed by atoms with Gasteiger partial charge in [0.1, 0.15) is 42.7 Å². The van der Waals surface area contributed by atoms with E-state index in [1.807, 2.05) is 0 Å². The van der Waals surface area contributed by atoms with E-state index in [2.05, 4.69) is 0 Å². The Kier molecular flexibility index (Phi) is 12.1. The van der Waals surface area contributed by atoms with Gasteiger partial charge < -0.3 is 66.0 Å². The van der Waals surface area contributed by atoms with Crippen molar-refractivity contribution in [2.45, 2.75) is 68.3 Å². The Bertz CT molecular complexity index is 369. The molecule has 2 fully saturated rings. The van der Waals surface area contributed by atoms with E-state index in [0.717, 1.165) is 0 Å². The molecule has 0 saturated carbocycles. The molecule has 0 aromatic carbocycles. The summed E-state index contributed by atoms with van der Waals surface area (Å²) < 4.78 is 20.8. The van der Waals surface area contributed by atoms with Gasteiger partial charge in [0.05, 0.1) is 12.7 Å². The van der Waals surface area contributed by atoms with E-state index in [1.165, 1.54) is 14.0 Å². The number of aliphatic hydroxyl groups excluding tert-OH is 6. The molecule has 0 aromatic rings. The first-order valence-corrected chi connectivity index (χ1v) is 7.32. The van der Waals surface area contributed by atoms with Crippen molar-refractivity contribution in [3.05, 3.63) is 0 Å². The molecular formula is C13H30O13. The molecule has 13 heteroatoms. The van der Waals surface area contributed by atoms with E-state index in [9.17, 15) is 30.6 Å². The van der Waals surface area contributed by atoms with E-state index in [0.29, 0.717) is 0 Å². The van der Waals surface area contributed by atoms with Crippen LogP contribution < -0.4 is 0 Å². The Labute approximate surface area is 149 Å². The maximum absolute atomic E-state index is 10.1. The third-order valence-electron chi connectivity index (χ3n) is 4.15. The first-order chi connectivity index (χ1) is 10.8. The monoisotopic (exact) mass is 394 g/mol. The molecule has 0 aliphatic carbocycles. The number of methoxy groups -OCH3 is 1. The molecule has 2 saturated heterocycles. The van der Waals surface area contributed by atoms with Crippen LogP contribution in [0.25, 0.3) is 0 Å². The Balaban J connectivity index is 0. The summed E-state index contributed by atoms with van der Waals surface area (Å²) in [6.07, 6.45) is -13.0. The number of rotatable bonds is 4. The molecular weight excluding hydrogens is 364 g/mol. The highest BCUT2D eigenvalue weighted by molar-refractivity contribution is 4.93. The van der Waals surface area contributed by atoms with Crippen LogP contribution in [0, 0.1) is 0 Å². The first kappa shape index (κ1) is 27.7. The van der Waals surface area contributed by atoms with E-state index < -0.39 is 68.0 Å². The van der Waals surface area contributed by atoms with Gasteiger partial charge in [0, 0.05) is 7.11 Å². The van der Waals surface area contributed by atoms with Crippen LogP contribution in [-0.2, 0) is 18.9 Å². The molecule has 0 spiro atoms. The maximum atomic E-state index is 10.1. The van der Waals surface area contributed by atoms with Gasteiger partial charge in [-0.25, -0.2) is 0 Å². The summed E-state index contributed by atoms with van der Waals surface area (Å²) in [4.78, 5) is 0. The lowest BCUT2D eigenvalue weighted by Gasteiger charge is -2.45. The van der Waals surface area contributed by atoms with Crippen LogP contribution in [0.15, 0.2) is 0 Å². The van der Waals surface area contributed by atoms with Crippen LogP contribution in [0.2, 0.25) is 0 Å². The number of hydrogen-bond acceptors (Lipinski definition) is 10. The SMILES string of the molecule is CO[C@H]1O[C@H](CO)[C@@H](O)[C@H](O[C@H]2O[C@@H](C)[C@@H](O)[C@@H](O)[C@@H]2O)[C@H]1O.O.O.O. The van der Waals surface area contributed by atoms with E-state index >= 15 is 0 Å². The zero-order valence-corrected chi connectivity index (χ0v) is 14.3. The van der Waals surface area contributed by atoms with Gasteiger partial charge in [-0.1, -0.05) is 0 Å². The molecule has 26 heavy (non-hydrogen) atoms. The summed E-state index contributed by atoms with van der Waals surface area (Å²) in [5.41, 5.74) is 0. The second-order valence-corrected chi connectivity index (χ2v) is 5.72. The van der Waals surface area contributed by atoms with Crippen molar-refractivity contribution < 1.29 is 66.0 Å². The number of aliphatic hydroxyl groups is 6. The van der Waals surface area contributed by atoms with Gasteiger partial charge >= 0.3 is 0 Å². The summed E-state index contributed by atoms with van der Waals surface area (Å²) in [6.45, 7) is 0.931. The lowest BCUT2D eigenvalue weighted by molar-refractivity contribution is -0.355. The Hall–Kier alpha value is -0.520. The van der Waals surface area contributed by atoms with Crippen molar-refractivity contribution in [2.75, 3.05) is 13.7 Å². The van der Waals surface area contributed by atoms with Crippen LogP contribution in [0.3, 0.4) is 0 Å². The number of ether oxygens (including phenoxy) is 4. The molecule has 0 radical (unpaired) electrons. The van der Waals surface area contributed by atoms with Crippen molar-refractivity contribution in [3.63, 3.8) is 0 Å². The third-order valence-corrected chi connectivity index (χ3v) is 4.15. The summed E-state index contributed by atoms with van der Waals surface area (Å²) in [7, 11) is 1.27. The molecule has 160 valence electrons. The van der Waals surface area contributed by atoms with Gasteiger partial charge in [-0.2, -0.15) is 0 Å². The third kappa shape index (κ3) is 5.26. The van der Waals surface area contributed by atoms with Crippen molar-refractivity contribution in [2.24, 2.45) is 0 Å². The first-order valence-electron chi connectivity index (χ1n) is 7.32. The molecule has 13 nitrogen and oxygen atoms in total. The van der Waals surface area contributed by atoms with Crippen molar-refractivity contribution in [3.8, 4) is 0 Å². The quantitative estimate of drug-likeness (QED) is 0.263. The van der Waals surface area contributed by atoms with Gasteiger partial charge in [-0.05, 0) is 6.92 Å². The lowest BCUT2D eigenvalue weighted by Crippen LogP contribution is -2.64. The molecule has 10 atom stereocenters. The summed E-state index contributed by atoms with van der Waals surface area (Å²) in [6, 6.07) is 0. The van der Waals surface area contributed by atoms with Crippen LogP contribution in [0.4, 0.5) is 0 Å². The van der Waals surface area contributed by atoms with Gasteiger partial charge in [0.25, 0.3) is 0 Å². The molecule has 2 heterocycles. The Morgan fingerprint density at radius 3 is 1.85 bits per heavy atom. The molecule has 0 bridgehead atoms. The zero-order chi connectivity index (χ0) is 17.3. The lowest BCUT2D eigenvalue weighted by atomic mass is 9.97. The highest BCUT2D eigenvalue weighted by Gasteiger charge is 2.50. The van der Waals surface area contributed by atoms with Crippen LogP contribution in [0.1, 0.15) is 6.92 Å². The summed E-state index contributed by atoms with van der Waals surface area (Å²) >= 11 is 0. The molecule has 0 unspecified atom stereocenters. The minimum atomic E-state index is -1.59. The Morgan fingerprint density at radius 1 is 0.769 bits per heavy atom. The molecule has 0 amide bonds. The average molecular weight is 394 g/mol. The van der Waals surface area contributed by atoms with Crippen molar-refractivity contribution in [1.29, 1.82) is 0 Å². The van der Waals surface area contributed by atoms with Crippen molar-refractivity contribution >= 4 is 0 Å². The van der Waals surface area contributed by atoms with Crippen LogP contribution in [-0.4, -0.2) is 122 Å². The van der Waals surface area contributed by atoms with E-state index in [-0.39, 0.29) is 16.4 Å². The number of hydrogen-bond donors (Lipinski definition) is 6. The largest absolute Gasteiger partial charge is 0.412 e. The Morgan fingerprint density at radius 2 is 1.35 bits per heavy atom. The van der Waals surface area contributed by atoms with Crippen LogP contribution in [0.5, 0.6) is 0 Å². The fourth-order valence-electron chi connectivity index (χ4n) is 2.69. The topological polar surface area (TPSA) is 253 Å². The fourth-order valence-corrected chi connectivity index (χ4v) is 2.69. The van der Waals surface area contributed by atoms with Gasteiger partial charge in [-0.15, -0.1) is 0 Å². The second-order valence-electron chi connectivity index (χ2n) is 5.72. The standard InChI is InChI=1S/C13H24O10.3H2O/c1-4-6(15)8(17)9(18)13(21-4)23-11-7(16)5(3-14)22-12(20-2)10(11)19;;;/h4-19H,3H2,1-2H3;3*1H2/t4-,5+,6+,7+,8+,9-,10+,11-,12-,13+;;;/m0.../s1. The molecule has 12 N–H and O–H groups in total. The second kappa shape index (κ2) is 11.4. The predicted molar refractivity (Wildman–Crippen MR) is 82.8 cm³/mol. The highest BCUT2D eigenvalue weighted by Crippen LogP contribution is 2.29. The van der Waals surface area contributed by atoms with Gasteiger partial charge in [-0.3, -0.25) is 0 Å². The van der Waals surface area contributed by atoms with Crippen molar-refractivity contribution in [1.82, 2.24) is 0 Å². The summed E-state index contributed by atoms with van der Waals surface area (Å²) in [5, 5.41) is 58.9. The summed E-state index contributed by atoms with van der Waals surface area (Å²) in [5.74, 6) is 0. The van der Waals surface area contributed by atoms with Gasteiger partial charge in [0.2, 0.25) is 0 Å². The van der Waals surface area contributed by atoms with E-state index in [4.69, 9.17) is 18.9 Å². The fraction of sp³-hybridized carbons (Fsp3) is 1.00. The average Bonchev–Trinajstić information content (AvgIpc) is 2.54. The molecule has 0 aromatic heterocycles. The normalized spacial score (nSPS) is 45.7. The van der Waals surface area contributed by atoms with E-state index in [1.54, 1.807) is 0 Å². The minimum absolute atomic E-state index is 0. The molecule has 2 rings (SSSR count). The van der Waals surface area contributed by atoms with Gasteiger partial charge in [0.15, 0.2) is 12.6 Å². The smallest absolute Gasteiger partial charge is 0.187 e.